The van der Waals surface area contributed by atoms with Gasteiger partial charge in [0.15, 0.2) is 0 Å². The van der Waals surface area contributed by atoms with Crippen LogP contribution in [0.5, 0.6) is 0 Å². The Kier molecular flexibility index (Phi) is 4.99. The average Bonchev–Trinajstić information content (AvgIpc) is 1.78. The normalized spacial score (nSPS) is 12.7. The first kappa shape index (κ1) is 13.8. The summed E-state index contributed by atoms with van der Waals surface area (Å²) in [5, 5.41) is 3.05. The third kappa shape index (κ3) is 7.25. The second-order valence-electron chi connectivity index (χ2n) is 5.60. The first-order chi connectivity index (χ1) is 6.16. The molecule has 2 nitrogen and oxygen atoms in total. The lowest BCUT2D eigenvalue weighted by molar-refractivity contribution is -0.120. The zero-order valence-corrected chi connectivity index (χ0v) is 11.0. The van der Waals surface area contributed by atoms with Crippen molar-refractivity contribution in [2.75, 3.05) is 12.0 Å². The number of nitrogens with one attached hydrogen (secondary N) is 1. The lowest BCUT2D eigenvalue weighted by atomic mass is 9.82. The summed E-state index contributed by atoms with van der Waals surface area (Å²) in [5.41, 5.74) is 0.140. The van der Waals surface area contributed by atoms with Crippen LogP contribution in [0.25, 0.3) is 0 Å². The van der Waals surface area contributed by atoms with Gasteiger partial charge >= 0.3 is 0 Å². The van der Waals surface area contributed by atoms with Crippen LogP contribution in [0.4, 0.5) is 0 Å². The molecule has 0 heterocycles. The van der Waals surface area contributed by atoms with Crippen LogP contribution in [0.15, 0.2) is 0 Å². The Balaban J connectivity index is 4.13. The van der Waals surface area contributed by atoms with Crippen molar-refractivity contribution in [3.63, 3.8) is 0 Å². The quantitative estimate of drug-likeness (QED) is 0.784. The first-order valence-corrected chi connectivity index (χ1v) is 6.36. The van der Waals surface area contributed by atoms with Gasteiger partial charge in [-0.05, 0) is 31.9 Å². The highest BCUT2D eigenvalue weighted by Gasteiger charge is 2.26. The second-order valence-corrected chi connectivity index (χ2v) is 6.47. The van der Waals surface area contributed by atoms with Crippen LogP contribution in [-0.2, 0) is 4.79 Å². The summed E-state index contributed by atoms with van der Waals surface area (Å²) < 4.78 is 0. The van der Waals surface area contributed by atoms with Gasteiger partial charge in [-0.1, -0.05) is 20.8 Å². The smallest absolute Gasteiger partial charge is 0.230 e. The maximum absolute atomic E-state index is 11.4. The van der Waals surface area contributed by atoms with E-state index in [9.17, 15) is 4.79 Å². The van der Waals surface area contributed by atoms with E-state index in [1.165, 1.54) is 0 Å². The van der Waals surface area contributed by atoms with E-state index in [0.717, 1.165) is 6.42 Å². The van der Waals surface area contributed by atoms with Crippen molar-refractivity contribution in [2.45, 2.75) is 46.6 Å². The van der Waals surface area contributed by atoms with Crippen LogP contribution < -0.4 is 5.32 Å². The molecule has 1 amide bonds. The largest absolute Gasteiger partial charge is 0.350 e. The molecule has 0 saturated heterocycles. The van der Waals surface area contributed by atoms with Gasteiger partial charge in [0, 0.05) is 5.54 Å². The van der Waals surface area contributed by atoms with Gasteiger partial charge in [0.25, 0.3) is 0 Å². The monoisotopic (exact) mass is 217 g/mol. The van der Waals surface area contributed by atoms with Crippen molar-refractivity contribution < 1.29 is 4.79 Å². The van der Waals surface area contributed by atoms with E-state index < -0.39 is 0 Å². The van der Waals surface area contributed by atoms with Gasteiger partial charge in [0.1, 0.15) is 0 Å². The Bertz CT molecular complexity index is 194. The topological polar surface area (TPSA) is 29.1 Å². The van der Waals surface area contributed by atoms with Gasteiger partial charge in [-0.3, -0.25) is 4.79 Å². The molecule has 0 rings (SSSR count). The highest BCUT2D eigenvalue weighted by molar-refractivity contribution is 7.99. The minimum absolute atomic E-state index is 0.106. The summed E-state index contributed by atoms with van der Waals surface area (Å²) in [4.78, 5) is 11.4. The molecule has 0 radical (unpaired) electrons. The molecule has 0 aromatic rings. The summed E-state index contributed by atoms with van der Waals surface area (Å²) in [5.74, 6) is 0.680. The number of thioether (sulfide) groups is 1. The number of carbonyl (C=O) groups is 1. The lowest BCUT2D eigenvalue weighted by Crippen LogP contribution is -2.46. The lowest BCUT2D eigenvalue weighted by Gasteiger charge is -2.33. The zero-order valence-electron chi connectivity index (χ0n) is 10.2. The fourth-order valence-corrected chi connectivity index (χ4v) is 2.25. The molecule has 0 aromatic heterocycles. The summed E-state index contributed by atoms with van der Waals surface area (Å²) in [6.45, 7) is 10.7. The van der Waals surface area contributed by atoms with Crippen molar-refractivity contribution in [1.29, 1.82) is 0 Å². The molecule has 0 aliphatic rings. The van der Waals surface area contributed by atoms with Gasteiger partial charge in [-0.2, -0.15) is 11.8 Å². The molecule has 1 N–H and O–H groups in total. The minimum atomic E-state index is -0.106. The van der Waals surface area contributed by atoms with Gasteiger partial charge < -0.3 is 5.32 Å². The maximum atomic E-state index is 11.4. The number of rotatable bonds is 4. The van der Waals surface area contributed by atoms with Crippen LogP contribution in [0.3, 0.4) is 0 Å². The van der Waals surface area contributed by atoms with Crippen molar-refractivity contribution >= 4 is 17.7 Å². The fourth-order valence-electron chi connectivity index (χ4n) is 1.91. The molecule has 0 spiro atoms. The number of hydrogen-bond donors (Lipinski definition) is 1. The van der Waals surface area contributed by atoms with Gasteiger partial charge in [-0.25, -0.2) is 0 Å². The molecule has 14 heavy (non-hydrogen) atoms. The molecule has 3 heteroatoms. The minimum Gasteiger partial charge on any atom is -0.350 e. The molecule has 0 aliphatic heterocycles. The number of hydrogen-bond acceptors (Lipinski definition) is 2. The fraction of sp³-hybridized carbons (Fsp3) is 0.909. The summed E-state index contributed by atoms with van der Waals surface area (Å²) in [7, 11) is 0. The summed E-state index contributed by atoms with van der Waals surface area (Å²) >= 11 is 1.56. The number of carbonyl (C=O) groups excluding carboxylic acids is 1. The maximum Gasteiger partial charge on any atom is 0.230 e. The molecule has 0 unspecified atom stereocenters. The molecule has 0 fully saturated rings. The van der Waals surface area contributed by atoms with E-state index in [0.29, 0.717) is 5.75 Å². The summed E-state index contributed by atoms with van der Waals surface area (Å²) in [6.07, 6.45) is 2.93. The Labute approximate surface area is 92.2 Å². The Morgan fingerprint density at radius 3 is 2.07 bits per heavy atom. The van der Waals surface area contributed by atoms with Gasteiger partial charge in [0.05, 0.1) is 5.75 Å². The highest BCUT2D eigenvalue weighted by atomic mass is 32.2. The van der Waals surface area contributed by atoms with E-state index in [-0.39, 0.29) is 16.9 Å². The molecule has 0 saturated carbocycles. The predicted octanol–water partition coefficient (Wildman–Crippen LogP) is 2.68. The Hall–Kier alpha value is -0.180. The highest BCUT2D eigenvalue weighted by Crippen LogP contribution is 2.26. The Morgan fingerprint density at radius 1 is 1.21 bits per heavy atom. The standard InChI is InChI=1S/C11H23NOS/c1-10(2,3)8-11(4,5)12-9(13)7-14-6/h7-8H2,1-6H3,(H,12,13). The average molecular weight is 217 g/mol. The zero-order chi connectivity index (χ0) is 11.4. The third-order valence-corrected chi connectivity index (χ3v) is 2.28. The van der Waals surface area contributed by atoms with Crippen LogP contribution in [0.1, 0.15) is 41.0 Å². The molecular formula is C11H23NOS. The van der Waals surface area contributed by atoms with Crippen molar-refractivity contribution in [1.82, 2.24) is 5.32 Å². The van der Waals surface area contributed by atoms with Crippen LogP contribution in [-0.4, -0.2) is 23.5 Å². The third-order valence-electron chi connectivity index (χ3n) is 1.73. The summed E-state index contributed by atoms with van der Waals surface area (Å²) in [6, 6.07) is 0. The molecule has 84 valence electrons. The molecule has 0 bridgehead atoms. The predicted molar refractivity (Wildman–Crippen MR) is 64.7 cm³/mol. The van der Waals surface area contributed by atoms with E-state index in [1.807, 2.05) is 6.26 Å². The van der Waals surface area contributed by atoms with Crippen LogP contribution >= 0.6 is 11.8 Å². The van der Waals surface area contributed by atoms with Gasteiger partial charge in [0.2, 0.25) is 5.91 Å². The first-order valence-electron chi connectivity index (χ1n) is 4.96. The van der Waals surface area contributed by atoms with E-state index in [2.05, 4.69) is 39.9 Å². The SMILES string of the molecule is CSCC(=O)NC(C)(C)CC(C)(C)C. The molecular weight excluding hydrogens is 194 g/mol. The van der Waals surface area contributed by atoms with Crippen LogP contribution in [0.2, 0.25) is 0 Å². The van der Waals surface area contributed by atoms with Crippen molar-refractivity contribution in [2.24, 2.45) is 5.41 Å². The van der Waals surface area contributed by atoms with E-state index in [1.54, 1.807) is 11.8 Å². The van der Waals surface area contributed by atoms with Gasteiger partial charge in [-0.15, -0.1) is 0 Å². The molecule has 0 aromatic carbocycles. The van der Waals surface area contributed by atoms with Crippen molar-refractivity contribution in [3.05, 3.63) is 0 Å². The molecule has 0 atom stereocenters. The van der Waals surface area contributed by atoms with Crippen molar-refractivity contribution in [3.8, 4) is 0 Å². The van der Waals surface area contributed by atoms with Crippen LogP contribution in [0, 0.1) is 5.41 Å². The Morgan fingerprint density at radius 2 is 1.71 bits per heavy atom. The number of amides is 1. The van der Waals surface area contributed by atoms with E-state index in [4.69, 9.17) is 0 Å². The van der Waals surface area contributed by atoms with E-state index >= 15 is 0 Å². The second kappa shape index (κ2) is 5.06. The molecule has 0 aliphatic carbocycles.